The Morgan fingerprint density at radius 2 is 1.76 bits per heavy atom. The van der Waals surface area contributed by atoms with Gasteiger partial charge in [0.15, 0.2) is 0 Å². The number of rotatable bonds is 5. The van der Waals surface area contributed by atoms with Crippen molar-refractivity contribution in [2.45, 2.75) is 51.0 Å². The van der Waals surface area contributed by atoms with E-state index in [0.29, 0.717) is 19.6 Å². The molecule has 6 nitrogen and oxygen atoms in total. The molecule has 0 aromatic heterocycles. The molecule has 0 bridgehead atoms. The second-order valence-corrected chi connectivity index (χ2v) is 6.69. The molecule has 1 amide bonds. The first kappa shape index (κ1) is 16.2. The molecular formula is C15H26N2O4. The lowest BCUT2D eigenvalue weighted by molar-refractivity contribution is -0.179. The number of carboxylic acid groups (broad SMARTS) is 1. The molecule has 0 aromatic rings. The summed E-state index contributed by atoms with van der Waals surface area (Å²) in [6, 6.07) is 0. The summed E-state index contributed by atoms with van der Waals surface area (Å²) in [6.07, 6.45) is 6.20. The lowest BCUT2D eigenvalue weighted by Gasteiger charge is -2.50. The standard InChI is InChI=1S/C15H26N2O4/c1-14(21-8-12(18)19)10-17(11-14)13(20)15(9-16)6-4-2-3-5-7-15/h2-11,16H2,1H3,(H,18,19). The van der Waals surface area contributed by atoms with Crippen LogP contribution in [0.3, 0.4) is 0 Å². The Kier molecular flexibility index (Phi) is 4.88. The molecule has 0 radical (unpaired) electrons. The first-order valence-electron chi connectivity index (χ1n) is 7.76. The predicted molar refractivity (Wildman–Crippen MR) is 77.8 cm³/mol. The average molecular weight is 298 g/mol. The van der Waals surface area contributed by atoms with Gasteiger partial charge in [0, 0.05) is 6.54 Å². The van der Waals surface area contributed by atoms with E-state index in [9.17, 15) is 9.59 Å². The van der Waals surface area contributed by atoms with E-state index in [2.05, 4.69) is 0 Å². The van der Waals surface area contributed by atoms with Gasteiger partial charge in [0.1, 0.15) is 12.2 Å². The highest BCUT2D eigenvalue weighted by atomic mass is 16.5. The Morgan fingerprint density at radius 1 is 1.19 bits per heavy atom. The maximum Gasteiger partial charge on any atom is 0.329 e. The summed E-state index contributed by atoms with van der Waals surface area (Å²) in [6.45, 7) is 2.85. The number of nitrogens with zero attached hydrogens (tertiary/aromatic N) is 1. The van der Waals surface area contributed by atoms with Crippen LogP contribution < -0.4 is 5.73 Å². The van der Waals surface area contributed by atoms with Gasteiger partial charge in [-0.3, -0.25) is 4.79 Å². The molecule has 1 aliphatic carbocycles. The first-order valence-corrected chi connectivity index (χ1v) is 7.76. The van der Waals surface area contributed by atoms with Crippen LogP contribution in [-0.4, -0.2) is 53.7 Å². The fourth-order valence-corrected chi connectivity index (χ4v) is 3.48. The molecule has 2 rings (SSSR count). The van der Waals surface area contributed by atoms with E-state index in [4.69, 9.17) is 15.6 Å². The van der Waals surface area contributed by atoms with Gasteiger partial charge in [-0.1, -0.05) is 25.7 Å². The van der Waals surface area contributed by atoms with Gasteiger partial charge in [0.05, 0.1) is 18.5 Å². The maximum atomic E-state index is 12.8. The number of hydrogen-bond donors (Lipinski definition) is 2. The maximum absolute atomic E-state index is 12.8. The van der Waals surface area contributed by atoms with Crippen molar-refractivity contribution in [3.8, 4) is 0 Å². The molecule has 0 aromatic carbocycles. The smallest absolute Gasteiger partial charge is 0.329 e. The third kappa shape index (κ3) is 3.55. The Labute approximate surface area is 125 Å². The van der Waals surface area contributed by atoms with Crippen molar-refractivity contribution in [3.63, 3.8) is 0 Å². The van der Waals surface area contributed by atoms with Crippen molar-refractivity contribution in [2.75, 3.05) is 26.2 Å². The van der Waals surface area contributed by atoms with Crippen molar-refractivity contribution in [1.29, 1.82) is 0 Å². The fourth-order valence-electron chi connectivity index (χ4n) is 3.48. The SMILES string of the molecule is CC1(OCC(=O)O)CN(C(=O)C2(CN)CCCCCC2)C1. The van der Waals surface area contributed by atoms with Crippen molar-refractivity contribution in [1.82, 2.24) is 4.90 Å². The summed E-state index contributed by atoms with van der Waals surface area (Å²) >= 11 is 0. The minimum atomic E-state index is -0.983. The highest BCUT2D eigenvalue weighted by Crippen LogP contribution is 2.38. The second kappa shape index (κ2) is 6.32. The number of carbonyl (C=O) groups is 2. The molecule has 1 heterocycles. The largest absolute Gasteiger partial charge is 0.480 e. The van der Waals surface area contributed by atoms with Gasteiger partial charge < -0.3 is 20.5 Å². The zero-order chi connectivity index (χ0) is 15.5. The zero-order valence-corrected chi connectivity index (χ0v) is 12.8. The molecule has 0 unspecified atom stereocenters. The zero-order valence-electron chi connectivity index (χ0n) is 12.8. The normalized spacial score (nSPS) is 24.0. The molecule has 1 aliphatic heterocycles. The molecule has 120 valence electrons. The summed E-state index contributed by atoms with van der Waals surface area (Å²) in [7, 11) is 0. The Bertz CT molecular complexity index is 396. The van der Waals surface area contributed by atoms with E-state index in [-0.39, 0.29) is 12.5 Å². The van der Waals surface area contributed by atoms with Crippen LogP contribution in [0.15, 0.2) is 0 Å². The molecule has 6 heteroatoms. The van der Waals surface area contributed by atoms with Gasteiger partial charge in [-0.2, -0.15) is 0 Å². The van der Waals surface area contributed by atoms with Crippen LogP contribution >= 0.6 is 0 Å². The number of nitrogens with two attached hydrogens (primary N) is 1. The first-order chi connectivity index (χ1) is 9.91. The van der Waals surface area contributed by atoms with E-state index in [0.717, 1.165) is 25.7 Å². The van der Waals surface area contributed by atoms with Crippen molar-refractivity contribution >= 4 is 11.9 Å². The van der Waals surface area contributed by atoms with E-state index >= 15 is 0 Å². The Balaban J connectivity index is 1.93. The lowest BCUT2D eigenvalue weighted by atomic mass is 9.77. The summed E-state index contributed by atoms with van der Waals surface area (Å²) in [5, 5.41) is 8.66. The minimum absolute atomic E-state index is 0.128. The minimum Gasteiger partial charge on any atom is -0.480 e. The topological polar surface area (TPSA) is 92.9 Å². The summed E-state index contributed by atoms with van der Waals surface area (Å²) in [5.74, 6) is -0.855. The number of ether oxygens (including phenoxy) is 1. The average Bonchev–Trinajstić information content (AvgIpc) is 2.67. The molecule has 0 spiro atoms. The predicted octanol–water partition coefficient (Wildman–Crippen LogP) is 0.988. The van der Waals surface area contributed by atoms with Crippen LogP contribution in [0.25, 0.3) is 0 Å². The number of carboxylic acids is 1. The van der Waals surface area contributed by atoms with E-state index in [1.54, 1.807) is 4.90 Å². The highest BCUT2D eigenvalue weighted by Gasteiger charge is 2.48. The molecule has 21 heavy (non-hydrogen) atoms. The lowest BCUT2D eigenvalue weighted by Crippen LogP contribution is -2.66. The van der Waals surface area contributed by atoms with Gasteiger partial charge in [0.2, 0.25) is 5.91 Å². The van der Waals surface area contributed by atoms with Gasteiger partial charge in [-0.05, 0) is 19.8 Å². The molecular weight excluding hydrogens is 272 g/mol. The molecule has 1 saturated heterocycles. The van der Waals surface area contributed by atoms with Crippen LogP contribution in [0, 0.1) is 5.41 Å². The molecule has 3 N–H and O–H groups in total. The number of likely N-dealkylation sites (tertiary alicyclic amines) is 1. The van der Waals surface area contributed by atoms with Gasteiger partial charge in [-0.15, -0.1) is 0 Å². The third-order valence-electron chi connectivity index (χ3n) is 4.79. The monoisotopic (exact) mass is 298 g/mol. The summed E-state index contributed by atoms with van der Waals surface area (Å²) in [4.78, 5) is 25.1. The van der Waals surface area contributed by atoms with E-state index in [1.807, 2.05) is 6.92 Å². The van der Waals surface area contributed by atoms with Crippen LogP contribution in [0.5, 0.6) is 0 Å². The number of amides is 1. The summed E-state index contributed by atoms with van der Waals surface area (Å²) in [5.41, 5.74) is 4.99. The molecule has 2 aliphatic rings. The molecule has 1 saturated carbocycles. The van der Waals surface area contributed by atoms with Gasteiger partial charge in [-0.25, -0.2) is 4.79 Å². The number of carbonyl (C=O) groups excluding carboxylic acids is 1. The molecule has 2 fully saturated rings. The van der Waals surface area contributed by atoms with Crippen LogP contribution in [0.4, 0.5) is 0 Å². The quantitative estimate of drug-likeness (QED) is 0.738. The summed E-state index contributed by atoms with van der Waals surface area (Å²) < 4.78 is 5.36. The van der Waals surface area contributed by atoms with E-state index < -0.39 is 17.0 Å². The number of aliphatic carboxylic acids is 1. The van der Waals surface area contributed by atoms with E-state index in [1.165, 1.54) is 12.8 Å². The van der Waals surface area contributed by atoms with Crippen molar-refractivity contribution in [2.24, 2.45) is 11.1 Å². The Hall–Kier alpha value is -1.14. The fraction of sp³-hybridized carbons (Fsp3) is 0.867. The van der Waals surface area contributed by atoms with Gasteiger partial charge >= 0.3 is 5.97 Å². The van der Waals surface area contributed by atoms with Crippen LogP contribution in [0.2, 0.25) is 0 Å². The third-order valence-corrected chi connectivity index (χ3v) is 4.79. The highest BCUT2D eigenvalue weighted by molar-refractivity contribution is 5.84. The van der Waals surface area contributed by atoms with Gasteiger partial charge in [0.25, 0.3) is 0 Å². The second-order valence-electron chi connectivity index (χ2n) is 6.69. The van der Waals surface area contributed by atoms with Crippen LogP contribution in [-0.2, 0) is 14.3 Å². The van der Waals surface area contributed by atoms with Crippen molar-refractivity contribution < 1.29 is 19.4 Å². The Morgan fingerprint density at radius 3 is 2.24 bits per heavy atom. The molecule has 0 atom stereocenters. The number of hydrogen-bond acceptors (Lipinski definition) is 4. The van der Waals surface area contributed by atoms with Crippen molar-refractivity contribution in [3.05, 3.63) is 0 Å². The van der Waals surface area contributed by atoms with Crippen LogP contribution in [0.1, 0.15) is 45.4 Å².